The van der Waals surface area contributed by atoms with Crippen LogP contribution in [0.15, 0.2) is 48.7 Å². The Bertz CT molecular complexity index is 848. The Balaban J connectivity index is 2.35. The summed E-state index contributed by atoms with van der Waals surface area (Å²) in [6.07, 6.45) is 1.78. The van der Waals surface area contributed by atoms with E-state index in [1.807, 2.05) is 49.4 Å². The third kappa shape index (κ3) is 2.25. The van der Waals surface area contributed by atoms with Gasteiger partial charge in [0.25, 0.3) is 0 Å². The molecule has 0 aliphatic rings. The second-order valence-corrected chi connectivity index (χ2v) is 4.99. The van der Waals surface area contributed by atoms with Crippen LogP contribution >= 0.6 is 0 Å². The summed E-state index contributed by atoms with van der Waals surface area (Å²) in [6.45, 7) is 3.24. The van der Waals surface area contributed by atoms with Crippen molar-refractivity contribution in [3.05, 3.63) is 59.9 Å². The topological polar surface area (TPSA) is 51.4 Å². The molecule has 4 heteroatoms. The highest BCUT2D eigenvalue weighted by molar-refractivity contribution is 6.43. The highest BCUT2D eigenvalue weighted by Gasteiger charge is 2.23. The van der Waals surface area contributed by atoms with Gasteiger partial charge in [-0.1, -0.05) is 30.3 Å². The fourth-order valence-corrected chi connectivity index (χ4v) is 2.33. The summed E-state index contributed by atoms with van der Waals surface area (Å²) in [5, 5.41) is 0. The van der Waals surface area contributed by atoms with Crippen LogP contribution in [0.25, 0.3) is 16.9 Å². The third-order valence-electron chi connectivity index (χ3n) is 3.36. The number of hydrogen-bond donors (Lipinski definition) is 0. The molecule has 0 atom stereocenters. The Labute approximate surface area is 122 Å². The lowest BCUT2D eigenvalue weighted by Crippen LogP contribution is -2.13. The minimum Gasteiger partial charge on any atom is -0.296 e. The monoisotopic (exact) mass is 278 g/mol. The number of carbonyl (C=O) groups excluding carboxylic acids is 2. The zero-order valence-electron chi connectivity index (χ0n) is 11.8. The number of fused-ring (bicyclic) bond motifs is 1. The van der Waals surface area contributed by atoms with E-state index < -0.39 is 11.6 Å². The third-order valence-corrected chi connectivity index (χ3v) is 3.36. The van der Waals surface area contributed by atoms with Crippen molar-refractivity contribution < 1.29 is 9.59 Å². The molecule has 0 aliphatic heterocycles. The van der Waals surface area contributed by atoms with Gasteiger partial charge < -0.3 is 0 Å². The number of rotatable bonds is 3. The highest BCUT2D eigenvalue weighted by Crippen LogP contribution is 2.25. The molecule has 0 bridgehead atoms. The van der Waals surface area contributed by atoms with Gasteiger partial charge in [0.1, 0.15) is 17.0 Å². The van der Waals surface area contributed by atoms with Crippen LogP contribution < -0.4 is 0 Å². The predicted octanol–water partition coefficient (Wildman–Crippen LogP) is 3.08. The number of Topliss-reactive ketones (excluding diaryl/α,β-unsaturated/α-hetero) is 2. The van der Waals surface area contributed by atoms with Gasteiger partial charge >= 0.3 is 0 Å². The van der Waals surface area contributed by atoms with Gasteiger partial charge in [-0.25, -0.2) is 4.98 Å². The molecule has 1 aromatic carbocycles. The van der Waals surface area contributed by atoms with E-state index in [0.29, 0.717) is 17.0 Å². The van der Waals surface area contributed by atoms with Gasteiger partial charge in [-0.2, -0.15) is 0 Å². The molecule has 0 N–H and O–H groups in total. The number of aromatic nitrogens is 2. The Kier molecular flexibility index (Phi) is 3.14. The first-order valence-electron chi connectivity index (χ1n) is 6.67. The number of imidazole rings is 1. The van der Waals surface area contributed by atoms with E-state index >= 15 is 0 Å². The van der Waals surface area contributed by atoms with Crippen LogP contribution in [0.3, 0.4) is 0 Å². The molecule has 0 spiro atoms. The lowest BCUT2D eigenvalue weighted by molar-refractivity contribution is -0.113. The highest BCUT2D eigenvalue weighted by atomic mass is 16.2. The molecule has 2 aromatic heterocycles. The van der Waals surface area contributed by atoms with Crippen molar-refractivity contribution in [3.63, 3.8) is 0 Å². The molecule has 0 unspecified atom stereocenters. The number of pyridine rings is 1. The molecule has 104 valence electrons. The van der Waals surface area contributed by atoms with E-state index in [4.69, 9.17) is 0 Å². The van der Waals surface area contributed by atoms with Crippen molar-refractivity contribution in [1.29, 1.82) is 0 Å². The number of ketones is 2. The summed E-state index contributed by atoms with van der Waals surface area (Å²) < 4.78 is 1.68. The van der Waals surface area contributed by atoms with Gasteiger partial charge in [0.15, 0.2) is 0 Å². The van der Waals surface area contributed by atoms with Crippen molar-refractivity contribution in [1.82, 2.24) is 9.38 Å². The molecule has 0 aliphatic carbocycles. The minimum atomic E-state index is -0.523. The van der Waals surface area contributed by atoms with Crippen molar-refractivity contribution in [2.45, 2.75) is 13.8 Å². The Morgan fingerprint density at radius 3 is 2.48 bits per heavy atom. The van der Waals surface area contributed by atoms with Crippen LogP contribution in [0.1, 0.15) is 23.0 Å². The summed E-state index contributed by atoms with van der Waals surface area (Å²) in [7, 11) is 0. The van der Waals surface area contributed by atoms with Gasteiger partial charge in [0, 0.05) is 18.7 Å². The Morgan fingerprint density at radius 1 is 1.10 bits per heavy atom. The quantitative estimate of drug-likeness (QED) is 0.546. The molecule has 4 nitrogen and oxygen atoms in total. The summed E-state index contributed by atoms with van der Waals surface area (Å²) in [4.78, 5) is 28.4. The molecule has 2 heterocycles. The first-order chi connectivity index (χ1) is 10.1. The smallest absolute Gasteiger partial charge is 0.247 e. The van der Waals surface area contributed by atoms with Gasteiger partial charge in [-0.15, -0.1) is 0 Å². The van der Waals surface area contributed by atoms with Crippen LogP contribution in [0, 0.1) is 6.92 Å². The van der Waals surface area contributed by atoms with Gasteiger partial charge in [-0.05, 0) is 24.6 Å². The van der Waals surface area contributed by atoms with E-state index in [1.165, 1.54) is 6.92 Å². The molecule has 3 rings (SSSR count). The van der Waals surface area contributed by atoms with Gasteiger partial charge in [0.05, 0.1) is 0 Å². The lowest BCUT2D eigenvalue weighted by atomic mass is 10.1. The molecule has 0 saturated carbocycles. The predicted molar refractivity (Wildman–Crippen MR) is 80.4 cm³/mol. The second kappa shape index (κ2) is 4.98. The SMILES string of the molecule is CC(=O)C(=O)c1c(-c2ccccc2)nc2cc(C)ccn12. The van der Waals surface area contributed by atoms with E-state index in [0.717, 1.165) is 11.1 Å². The second-order valence-electron chi connectivity index (χ2n) is 4.99. The Hall–Kier alpha value is -2.75. The van der Waals surface area contributed by atoms with Crippen molar-refractivity contribution in [2.24, 2.45) is 0 Å². The average Bonchev–Trinajstić information content (AvgIpc) is 2.85. The minimum absolute atomic E-state index is 0.323. The molecule has 0 fully saturated rings. The zero-order valence-corrected chi connectivity index (χ0v) is 11.8. The average molecular weight is 278 g/mol. The van der Waals surface area contributed by atoms with Crippen LogP contribution in [-0.2, 0) is 4.79 Å². The van der Waals surface area contributed by atoms with Gasteiger partial charge in [-0.3, -0.25) is 14.0 Å². The number of hydrogen-bond acceptors (Lipinski definition) is 3. The van der Waals surface area contributed by atoms with Crippen molar-refractivity contribution in [3.8, 4) is 11.3 Å². The number of carbonyl (C=O) groups is 2. The maximum atomic E-state index is 12.3. The lowest BCUT2D eigenvalue weighted by Gasteiger charge is -2.02. The first kappa shape index (κ1) is 13.2. The number of nitrogens with zero attached hydrogens (tertiary/aromatic N) is 2. The van der Waals surface area contributed by atoms with Crippen LogP contribution in [0.5, 0.6) is 0 Å². The summed E-state index contributed by atoms with van der Waals surface area (Å²) >= 11 is 0. The standard InChI is InChI=1S/C17H14N2O2/c1-11-8-9-19-14(10-11)18-15(13-6-4-3-5-7-13)16(19)17(21)12(2)20/h3-10H,1-2H3. The fraction of sp³-hybridized carbons (Fsp3) is 0.118. The molecule has 0 radical (unpaired) electrons. The molecular formula is C17H14N2O2. The first-order valence-corrected chi connectivity index (χ1v) is 6.67. The van der Waals surface area contributed by atoms with Crippen molar-refractivity contribution >= 4 is 17.2 Å². The summed E-state index contributed by atoms with van der Waals surface area (Å²) in [6, 6.07) is 13.2. The van der Waals surface area contributed by atoms with E-state index in [-0.39, 0.29) is 0 Å². The molecule has 21 heavy (non-hydrogen) atoms. The fourth-order valence-electron chi connectivity index (χ4n) is 2.33. The Morgan fingerprint density at radius 2 is 1.81 bits per heavy atom. The van der Waals surface area contributed by atoms with E-state index in [9.17, 15) is 9.59 Å². The molecule has 0 saturated heterocycles. The number of benzene rings is 1. The van der Waals surface area contributed by atoms with Crippen LogP contribution in [-0.4, -0.2) is 21.0 Å². The molecule has 0 amide bonds. The summed E-state index contributed by atoms with van der Waals surface area (Å²) in [5.74, 6) is -1.01. The van der Waals surface area contributed by atoms with E-state index in [2.05, 4.69) is 4.98 Å². The molecule has 3 aromatic rings. The van der Waals surface area contributed by atoms with Crippen LogP contribution in [0.4, 0.5) is 0 Å². The largest absolute Gasteiger partial charge is 0.296 e. The number of aryl methyl sites for hydroxylation is 1. The zero-order chi connectivity index (χ0) is 15.0. The van der Waals surface area contributed by atoms with Crippen molar-refractivity contribution in [2.75, 3.05) is 0 Å². The summed E-state index contributed by atoms with van der Waals surface area (Å²) in [5.41, 5.74) is 3.40. The maximum Gasteiger partial charge on any atom is 0.247 e. The normalized spacial score (nSPS) is 10.8. The van der Waals surface area contributed by atoms with Gasteiger partial charge in [0.2, 0.25) is 11.6 Å². The van der Waals surface area contributed by atoms with E-state index in [1.54, 1.807) is 10.6 Å². The maximum absolute atomic E-state index is 12.3. The molecular weight excluding hydrogens is 264 g/mol. The van der Waals surface area contributed by atoms with Crippen LogP contribution in [0.2, 0.25) is 0 Å².